The smallest absolute Gasteiger partial charge is 0.324 e. The number of carbonyl (C=O) groups is 3. The SMILES string of the molecule is C.C.C.C.CCOC(=O)C1(C(C)=O)COC(C)(C)OC1.CCOC(=O)C1COC(C)(C)OC1. The Bertz CT molecular complexity index is 564. The maximum Gasteiger partial charge on any atom is 0.324 e. The summed E-state index contributed by atoms with van der Waals surface area (Å²) in [5.74, 6) is -2.69. The minimum atomic E-state index is -1.30. The summed E-state index contributed by atoms with van der Waals surface area (Å²) in [5, 5.41) is 0. The average molecular weight is 483 g/mol. The summed E-state index contributed by atoms with van der Waals surface area (Å²) in [6.45, 7) is 13.4. The van der Waals surface area contributed by atoms with Crippen LogP contribution in [0.4, 0.5) is 0 Å². The normalized spacial score (nSPS) is 19.8. The molecule has 0 aliphatic carbocycles. The van der Waals surface area contributed by atoms with Crippen molar-refractivity contribution in [1.29, 1.82) is 0 Å². The van der Waals surface area contributed by atoms with Gasteiger partial charge in [-0.05, 0) is 48.5 Å². The molecule has 2 rings (SSSR count). The van der Waals surface area contributed by atoms with Crippen molar-refractivity contribution in [3.05, 3.63) is 0 Å². The fourth-order valence-electron chi connectivity index (χ4n) is 2.50. The number of Topliss-reactive ketones (excluding diaryl/α,β-unsaturated/α-hetero) is 1. The zero-order valence-electron chi connectivity index (χ0n) is 18.5. The highest BCUT2D eigenvalue weighted by atomic mass is 16.7. The summed E-state index contributed by atoms with van der Waals surface area (Å²) in [5.41, 5.74) is -1.30. The third kappa shape index (κ3) is 11.4. The molecule has 0 spiro atoms. The molecule has 0 radical (unpaired) electrons. The highest BCUT2D eigenvalue weighted by Crippen LogP contribution is 2.31. The van der Waals surface area contributed by atoms with Crippen LogP contribution >= 0.6 is 0 Å². The van der Waals surface area contributed by atoms with Gasteiger partial charge in [0.2, 0.25) is 0 Å². The van der Waals surface area contributed by atoms with Crippen LogP contribution in [0.2, 0.25) is 0 Å². The quantitative estimate of drug-likeness (QED) is 0.416. The number of hydrogen-bond donors (Lipinski definition) is 0. The van der Waals surface area contributed by atoms with Gasteiger partial charge in [-0.2, -0.15) is 0 Å². The predicted molar refractivity (Wildman–Crippen MR) is 129 cm³/mol. The van der Waals surface area contributed by atoms with Crippen LogP contribution in [-0.4, -0.2) is 68.9 Å². The van der Waals surface area contributed by atoms with E-state index in [0.29, 0.717) is 19.8 Å². The third-order valence-electron chi connectivity index (χ3n) is 4.56. The van der Waals surface area contributed by atoms with E-state index in [-0.39, 0.29) is 67.2 Å². The molecule has 0 amide bonds. The predicted octanol–water partition coefficient (Wildman–Crippen LogP) is 4.40. The molecule has 0 N–H and O–H groups in total. The molecule has 0 bridgehead atoms. The summed E-state index contributed by atoms with van der Waals surface area (Å²) in [4.78, 5) is 34.6. The molecule has 0 atom stereocenters. The van der Waals surface area contributed by atoms with E-state index < -0.39 is 23.0 Å². The number of ketones is 1. The van der Waals surface area contributed by atoms with E-state index >= 15 is 0 Å². The lowest BCUT2D eigenvalue weighted by Crippen LogP contribution is -2.54. The Morgan fingerprint density at radius 3 is 1.52 bits per heavy atom. The van der Waals surface area contributed by atoms with Gasteiger partial charge in [-0.1, -0.05) is 29.7 Å². The average Bonchev–Trinajstić information content (AvgIpc) is 2.62. The number of rotatable bonds is 5. The molecule has 2 heterocycles. The molecule has 2 aliphatic heterocycles. The Hall–Kier alpha value is -1.55. The fraction of sp³-hybridized carbons (Fsp3) is 0.875. The van der Waals surface area contributed by atoms with Crippen molar-refractivity contribution in [1.82, 2.24) is 0 Å². The summed E-state index contributed by atoms with van der Waals surface area (Å²) in [7, 11) is 0. The van der Waals surface area contributed by atoms with E-state index in [0.717, 1.165) is 0 Å². The first kappa shape index (κ1) is 38.7. The minimum Gasteiger partial charge on any atom is -0.466 e. The molecule has 0 aromatic heterocycles. The Kier molecular flexibility index (Phi) is 18.9. The van der Waals surface area contributed by atoms with Gasteiger partial charge in [-0.15, -0.1) is 0 Å². The van der Waals surface area contributed by atoms with E-state index in [1.54, 1.807) is 27.7 Å². The van der Waals surface area contributed by atoms with Crippen molar-refractivity contribution < 1.29 is 42.8 Å². The van der Waals surface area contributed by atoms with Gasteiger partial charge in [0, 0.05) is 0 Å². The van der Waals surface area contributed by atoms with Gasteiger partial charge in [0.05, 0.1) is 39.6 Å². The second kappa shape index (κ2) is 16.1. The van der Waals surface area contributed by atoms with Crippen LogP contribution in [0.1, 0.15) is 78.2 Å². The van der Waals surface area contributed by atoms with Gasteiger partial charge >= 0.3 is 11.9 Å². The molecule has 9 nitrogen and oxygen atoms in total. The lowest BCUT2D eigenvalue weighted by molar-refractivity contribution is -0.278. The highest BCUT2D eigenvalue weighted by Gasteiger charge is 2.51. The topological polar surface area (TPSA) is 107 Å². The van der Waals surface area contributed by atoms with Gasteiger partial charge in [0.15, 0.2) is 22.8 Å². The first-order valence-electron chi connectivity index (χ1n) is 9.80. The summed E-state index contributed by atoms with van der Waals surface area (Å²) < 4.78 is 31.1. The van der Waals surface area contributed by atoms with E-state index in [4.69, 9.17) is 28.4 Å². The lowest BCUT2D eigenvalue weighted by Gasteiger charge is -2.40. The van der Waals surface area contributed by atoms with Crippen LogP contribution in [0.5, 0.6) is 0 Å². The van der Waals surface area contributed by atoms with Crippen LogP contribution in [-0.2, 0) is 42.8 Å². The van der Waals surface area contributed by atoms with E-state index in [1.807, 2.05) is 13.8 Å². The monoisotopic (exact) mass is 482 g/mol. The van der Waals surface area contributed by atoms with Gasteiger partial charge in [0.1, 0.15) is 5.92 Å². The van der Waals surface area contributed by atoms with Crippen LogP contribution in [0.3, 0.4) is 0 Å². The molecule has 2 saturated heterocycles. The first-order valence-corrected chi connectivity index (χ1v) is 9.80. The zero-order chi connectivity index (χ0) is 22.3. The fourth-order valence-corrected chi connectivity index (χ4v) is 2.50. The molecule has 9 heteroatoms. The molecule has 0 aromatic carbocycles. The molecule has 200 valence electrons. The van der Waals surface area contributed by atoms with Crippen molar-refractivity contribution in [2.45, 2.75) is 89.7 Å². The molecule has 2 aliphatic rings. The van der Waals surface area contributed by atoms with Crippen LogP contribution in [0.15, 0.2) is 0 Å². The summed E-state index contributed by atoms with van der Waals surface area (Å²) in [6, 6.07) is 0. The molecule has 0 saturated carbocycles. The molecule has 0 aromatic rings. The van der Waals surface area contributed by atoms with Crippen molar-refractivity contribution in [3.8, 4) is 0 Å². The second-order valence-corrected chi connectivity index (χ2v) is 7.81. The van der Waals surface area contributed by atoms with Gasteiger partial charge in [-0.3, -0.25) is 14.4 Å². The molecular formula is C24H50O9. The Balaban J connectivity index is -0.000000231. The number of carbonyl (C=O) groups excluding carboxylic acids is 3. The molecule has 2 fully saturated rings. The first-order chi connectivity index (χ1) is 13.4. The van der Waals surface area contributed by atoms with Gasteiger partial charge < -0.3 is 28.4 Å². The van der Waals surface area contributed by atoms with E-state index in [1.165, 1.54) is 6.92 Å². The number of esters is 2. The van der Waals surface area contributed by atoms with Crippen LogP contribution in [0.25, 0.3) is 0 Å². The van der Waals surface area contributed by atoms with E-state index in [9.17, 15) is 14.4 Å². The third-order valence-corrected chi connectivity index (χ3v) is 4.56. The highest BCUT2D eigenvalue weighted by molar-refractivity contribution is 6.03. The summed E-state index contributed by atoms with van der Waals surface area (Å²) in [6.07, 6.45) is 0. The van der Waals surface area contributed by atoms with Crippen LogP contribution < -0.4 is 0 Å². The molecule has 0 unspecified atom stereocenters. The maximum atomic E-state index is 11.8. The Morgan fingerprint density at radius 2 is 1.15 bits per heavy atom. The molecule has 33 heavy (non-hydrogen) atoms. The second-order valence-electron chi connectivity index (χ2n) is 7.81. The Labute approximate surface area is 201 Å². The van der Waals surface area contributed by atoms with Gasteiger partial charge in [0.25, 0.3) is 0 Å². The van der Waals surface area contributed by atoms with Crippen molar-refractivity contribution in [2.75, 3.05) is 39.6 Å². The number of ether oxygens (including phenoxy) is 6. The minimum absolute atomic E-state index is 0. The van der Waals surface area contributed by atoms with E-state index in [2.05, 4.69) is 0 Å². The largest absolute Gasteiger partial charge is 0.466 e. The number of hydrogen-bond acceptors (Lipinski definition) is 9. The Morgan fingerprint density at radius 1 is 0.758 bits per heavy atom. The standard InChI is InChI=1S/C11H18O5.C9H16O4.4CH4/c1-5-14-9(13)11(8(2)12)6-15-10(3,4)16-7-11;1-4-11-8(10)7-5-12-9(2,3)13-6-7;;;;/h5-7H2,1-4H3;7H,4-6H2,1-3H3;4*1H4. The molecular weight excluding hydrogens is 432 g/mol. The van der Waals surface area contributed by atoms with Crippen molar-refractivity contribution >= 4 is 17.7 Å². The summed E-state index contributed by atoms with van der Waals surface area (Å²) >= 11 is 0. The maximum absolute atomic E-state index is 11.8. The van der Waals surface area contributed by atoms with Crippen molar-refractivity contribution in [3.63, 3.8) is 0 Å². The van der Waals surface area contributed by atoms with Gasteiger partial charge in [-0.25, -0.2) is 0 Å². The van der Waals surface area contributed by atoms with Crippen LogP contribution in [0, 0.1) is 11.3 Å². The zero-order valence-corrected chi connectivity index (χ0v) is 18.5. The lowest BCUT2D eigenvalue weighted by atomic mass is 9.85. The van der Waals surface area contributed by atoms with Crippen molar-refractivity contribution in [2.24, 2.45) is 11.3 Å².